The molecule has 6 heteroatoms. The van der Waals surface area contributed by atoms with E-state index in [1.54, 1.807) is 20.1 Å². The summed E-state index contributed by atoms with van der Waals surface area (Å²) in [5, 5.41) is 3.47. The van der Waals surface area contributed by atoms with E-state index >= 15 is 0 Å². The number of esters is 1. The van der Waals surface area contributed by atoms with Gasteiger partial charge in [-0.3, -0.25) is 4.79 Å². The summed E-state index contributed by atoms with van der Waals surface area (Å²) in [4.78, 5) is 26.2. The van der Waals surface area contributed by atoms with Gasteiger partial charge in [-0.05, 0) is 61.4 Å². The van der Waals surface area contributed by atoms with E-state index < -0.39 is 0 Å². The summed E-state index contributed by atoms with van der Waals surface area (Å²) in [6.07, 6.45) is 6.28. The van der Waals surface area contributed by atoms with Crippen LogP contribution in [-0.4, -0.2) is 25.6 Å². The molecule has 1 heterocycles. The van der Waals surface area contributed by atoms with Crippen molar-refractivity contribution in [2.75, 3.05) is 19.0 Å². The molecule has 1 N–H and O–H groups in total. The molecule has 0 aliphatic heterocycles. The number of benzene rings is 1. The van der Waals surface area contributed by atoms with Crippen LogP contribution in [0.25, 0.3) is 6.08 Å². The van der Waals surface area contributed by atoms with Crippen LogP contribution >= 0.6 is 11.3 Å². The number of fused-ring (bicyclic) bond motifs is 1. The lowest BCUT2D eigenvalue weighted by Crippen LogP contribution is -2.15. The van der Waals surface area contributed by atoms with Crippen LogP contribution in [-0.2, 0) is 16.0 Å². The summed E-state index contributed by atoms with van der Waals surface area (Å²) in [5.74, 6) is 0.426. The Bertz CT molecular complexity index is 883. The fourth-order valence-electron chi connectivity index (χ4n) is 3.45. The van der Waals surface area contributed by atoms with Crippen LogP contribution in [0.2, 0.25) is 0 Å². The number of amides is 1. The van der Waals surface area contributed by atoms with Crippen molar-refractivity contribution in [2.45, 2.75) is 39.0 Å². The Morgan fingerprint density at radius 1 is 1.29 bits per heavy atom. The smallest absolute Gasteiger partial charge is 0.341 e. The van der Waals surface area contributed by atoms with Gasteiger partial charge in [0.2, 0.25) is 5.91 Å². The minimum atomic E-state index is -0.358. The molecule has 0 fully saturated rings. The summed E-state index contributed by atoms with van der Waals surface area (Å²) in [5.41, 5.74) is 2.46. The first-order valence-electron chi connectivity index (χ1n) is 9.49. The topological polar surface area (TPSA) is 64.6 Å². The van der Waals surface area contributed by atoms with Gasteiger partial charge in [0.05, 0.1) is 19.3 Å². The van der Waals surface area contributed by atoms with Crippen molar-refractivity contribution in [3.63, 3.8) is 0 Å². The molecule has 1 aliphatic carbocycles. The van der Waals surface area contributed by atoms with Crippen molar-refractivity contribution in [3.05, 3.63) is 51.9 Å². The van der Waals surface area contributed by atoms with Crippen LogP contribution < -0.4 is 10.1 Å². The molecule has 28 heavy (non-hydrogen) atoms. The highest BCUT2D eigenvalue weighted by atomic mass is 32.1. The van der Waals surface area contributed by atoms with E-state index in [-0.39, 0.29) is 11.9 Å². The van der Waals surface area contributed by atoms with Crippen molar-refractivity contribution in [3.8, 4) is 5.75 Å². The maximum absolute atomic E-state index is 12.6. The SMILES string of the molecule is CCOC(=O)c1c(NC(=O)C=Cc2ccc(OC)cc2)sc2c1C(C)CCC2. The highest BCUT2D eigenvalue weighted by molar-refractivity contribution is 7.17. The van der Waals surface area contributed by atoms with Crippen LogP contribution in [0.4, 0.5) is 5.00 Å². The third kappa shape index (κ3) is 4.44. The van der Waals surface area contributed by atoms with Gasteiger partial charge < -0.3 is 14.8 Å². The highest BCUT2D eigenvalue weighted by Crippen LogP contribution is 2.43. The molecule has 0 saturated heterocycles. The first-order chi connectivity index (χ1) is 13.5. The molecular weight excluding hydrogens is 374 g/mol. The first kappa shape index (κ1) is 20.1. The predicted molar refractivity (Wildman–Crippen MR) is 112 cm³/mol. The number of hydrogen-bond donors (Lipinski definition) is 1. The number of thiophene rings is 1. The van der Waals surface area contributed by atoms with E-state index in [1.807, 2.05) is 24.3 Å². The minimum Gasteiger partial charge on any atom is -0.497 e. The first-order valence-corrected chi connectivity index (χ1v) is 10.3. The molecule has 148 valence electrons. The summed E-state index contributed by atoms with van der Waals surface area (Å²) < 4.78 is 10.4. The molecule has 1 aromatic heterocycles. The predicted octanol–water partition coefficient (Wildman–Crippen LogP) is 5.03. The van der Waals surface area contributed by atoms with E-state index in [1.165, 1.54) is 22.3 Å². The lowest BCUT2D eigenvalue weighted by atomic mass is 9.86. The lowest BCUT2D eigenvalue weighted by molar-refractivity contribution is -0.111. The molecule has 0 spiro atoms. The highest BCUT2D eigenvalue weighted by Gasteiger charge is 2.30. The number of carbonyl (C=O) groups is 2. The maximum Gasteiger partial charge on any atom is 0.341 e. The van der Waals surface area contributed by atoms with Crippen molar-refractivity contribution in [1.82, 2.24) is 0 Å². The maximum atomic E-state index is 12.6. The van der Waals surface area contributed by atoms with E-state index in [0.29, 0.717) is 23.1 Å². The van der Waals surface area contributed by atoms with Crippen molar-refractivity contribution in [1.29, 1.82) is 0 Å². The minimum absolute atomic E-state index is 0.271. The molecule has 1 atom stereocenters. The molecule has 3 rings (SSSR count). The fourth-order valence-corrected chi connectivity index (χ4v) is 4.80. The van der Waals surface area contributed by atoms with Crippen LogP contribution in [0, 0.1) is 0 Å². The standard InChI is InChI=1S/C22H25NO4S/c1-4-27-22(25)20-19-14(2)6-5-7-17(19)28-21(20)23-18(24)13-10-15-8-11-16(26-3)12-9-15/h8-14H,4-7H2,1-3H3,(H,23,24). The molecule has 2 aromatic rings. The molecule has 1 aliphatic rings. The van der Waals surface area contributed by atoms with Gasteiger partial charge in [0.15, 0.2) is 0 Å². The average molecular weight is 400 g/mol. The zero-order valence-electron chi connectivity index (χ0n) is 16.4. The lowest BCUT2D eigenvalue weighted by Gasteiger charge is -2.19. The van der Waals surface area contributed by atoms with Crippen molar-refractivity contribution >= 4 is 34.3 Å². The number of rotatable bonds is 6. The van der Waals surface area contributed by atoms with Gasteiger partial charge in [0, 0.05) is 11.0 Å². The third-order valence-corrected chi connectivity index (χ3v) is 6.00. The molecular formula is C22H25NO4S. The molecule has 1 unspecified atom stereocenters. The molecule has 0 saturated carbocycles. The van der Waals surface area contributed by atoms with Gasteiger partial charge in [0.1, 0.15) is 10.8 Å². The summed E-state index contributed by atoms with van der Waals surface area (Å²) >= 11 is 1.49. The van der Waals surface area contributed by atoms with Crippen molar-refractivity contribution < 1.29 is 19.1 Å². The van der Waals surface area contributed by atoms with E-state index in [2.05, 4.69) is 12.2 Å². The average Bonchev–Trinajstić information content (AvgIpc) is 3.06. The Balaban J connectivity index is 1.81. The van der Waals surface area contributed by atoms with E-state index in [4.69, 9.17) is 9.47 Å². The van der Waals surface area contributed by atoms with Crippen LogP contribution in [0.1, 0.15) is 59.0 Å². The number of ether oxygens (including phenoxy) is 2. The summed E-state index contributed by atoms with van der Waals surface area (Å²) in [6.45, 7) is 4.22. The number of carbonyl (C=O) groups excluding carboxylic acids is 2. The fraction of sp³-hybridized carbons (Fsp3) is 0.364. The normalized spacial score (nSPS) is 15.9. The number of anilines is 1. The number of methoxy groups -OCH3 is 1. The largest absolute Gasteiger partial charge is 0.497 e. The Labute approximate surface area is 169 Å². The quantitative estimate of drug-likeness (QED) is 0.547. The summed E-state index contributed by atoms with van der Waals surface area (Å²) in [6, 6.07) is 7.42. The number of aryl methyl sites for hydroxylation is 1. The van der Waals surface area contributed by atoms with E-state index in [9.17, 15) is 9.59 Å². The Morgan fingerprint density at radius 3 is 2.71 bits per heavy atom. The van der Waals surface area contributed by atoms with Gasteiger partial charge in [0.25, 0.3) is 0 Å². The van der Waals surface area contributed by atoms with Gasteiger partial charge in [-0.15, -0.1) is 11.3 Å². The summed E-state index contributed by atoms with van der Waals surface area (Å²) in [7, 11) is 1.61. The van der Waals surface area contributed by atoms with Gasteiger partial charge in [-0.2, -0.15) is 0 Å². The van der Waals surface area contributed by atoms with Gasteiger partial charge in [-0.25, -0.2) is 4.79 Å². The number of nitrogens with one attached hydrogen (secondary N) is 1. The second kappa shape index (κ2) is 9.06. The molecule has 5 nitrogen and oxygen atoms in total. The van der Waals surface area contributed by atoms with Crippen LogP contribution in [0.15, 0.2) is 30.3 Å². The third-order valence-electron chi connectivity index (χ3n) is 4.82. The molecule has 1 amide bonds. The van der Waals surface area contributed by atoms with Crippen LogP contribution in [0.3, 0.4) is 0 Å². The van der Waals surface area contributed by atoms with Gasteiger partial charge in [-0.1, -0.05) is 19.1 Å². The molecule has 1 aromatic carbocycles. The number of hydrogen-bond acceptors (Lipinski definition) is 5. The van der Waals surface area contributed by atoms with Gasteiger partial charge >= 0.3 is 5.97 Å². The molecule has 0 bridgehead atoms. The zero-order valence-corrected chi connectivity index (χ0v) is 17.2. The van der Waals surface area contributed by atoms with Crippen molar-refractivity contribution in [2.24, 2.45) is 0 Å². The van der Waals surface area contributed by atoms with E-state index in [0.717, 1.165) is 36.1 Å². The Hall–Kier alpha value is -2.60. The second-order valence-electron chi connectivity index (χ2n) is 6.75. The molecule has 0 radical (unpaired) electrons. The van der Waals surface area contributed by atoms with Crippen LogP contribution in [0.5, 0.6) is 5.75 Å². The Morgan fingerprint density at radius 2 is 2.04 bits per heavy atom. The second-order valence-corrected chi connectivity index (χ2v) is 7.86. The Kier molecular flexibility index (Phi) is 6.52. The monoisotopic (exact) mass is 399 g/mol. The zero-order chi connectivity index (χ0) is 20.1.